The van der Waals surface area contributed by atoms with Crippen molar-refractivity contribution in [3.05, 3.63) is 58.1 Å². The van der Waals surface area contributed by atoms with Crippen LogP contribution in [0.3, 0.4) is 0 Å². The minimum absolute atomic E-state index is 0.185. The van der Waals surface area contributed by atoms with E-state index in [1.807, 2.05) is 51.1 Å². The third kappa shape index (κ3) is 7.29. The van der Waals surface area contributed by atoms with Crippen molar-refractivity contribution in [3.8, 4) is 11.5 Å². The van der Waals surface area contributed by atoms with Crippen LogP contribution in [0.5, 0.6) is 11.5 Å². The molecule has 3 rings (SSSR count). The third-order valence-corrected chi connectivity index (χ3v) is 7.36. The fraction of sp³-hybridized carbons (Fsp3) is 0.517. The Morgan fingerprint density at radius 1 is 1.13 bits per heavy atom. The number of aliphatic hydroxyl groups is 1. The number of carbonyl (C=O) groups excluding carboxylic acids is 1. The summed E-state index contributed by atoms with van der Waals surface area (Å²) in [5.41, 5.74) is 0.660. The molecule has 1 unspecified atom stereocenters. The van der Waals surface area contributed by atoms with Crippen LogP contribution in [0.4, 0.5) is 0 Å². The van der Waals surface area contributed by atoms with E-state index in [4.69, 9.17) is 25.8 Å². The van der Waals surface area contributed by atoms with Crippen molar-refractivity contribution in [3.63, 3.8) is 0 Å². The molecule has 1 saturated carbocycles. The number of nitrogens with zero attached hydrogens (tertiary/aromatic N) is 1. The topological polar surface area (TPSA) is 118 Å². The number of Topliss-reactive ketones (excluding diaryl/α,β-unsaturated/α-hetero) is 1. The largest absolute Gasteiger partial charge is 0.493 e. The molecule has 10 heteroatoms. The van der Waals surface area contributed by atoms with E-state index in [0.717, 1.165) is 5.56 Å². The number of hydrogen-bond donors (Lipinski definition) is 3. The second-order valence-electron chi connectivity index (χ2n) is 9.65. The first-order valence-corrected chi connectivity index (χ1v) is 13.7. The Bertz CT molecular complexity index is 1140. The van der Waals surface area contributed by atoms with E-state index in [-0.39, 0.29) is 48.0 Å². The summed E-state index contributed by atoms with van der Waals surface area (Å²) in [5, 5.41) is 24.1. The lowest BCUT2D eigenvalue weighted by atomic mass is 10.00. The van der Waals surface area contributed by atoms with Crippen LogP contribution in [0.2, 0.25) is 5.02 Å². The van der Waals surface area contributed by atoms with Gasteiger partial charge in [-0.3, -0.25) is 19.8 Å². The van der Waals surface area contributed by atoms with E-state index in [9.17, 15) is 19.8 Å². The Hall–Kier alpha value is -2.69. The molecule has 39 heavy (non-hydrogen) atoms. The first kappa shape index (κ1) is 30.8. The van der Waals surface area contributed by atoms with E-state index in [1.165, 1.54) is 6.92 Å². The molecule has 0 bridgehead atoms. The summed E-state index contributed by atoms with van der Waals surface area (Å²) in [6, 6.07) is 10.9. The summed E-state index contributed by atoms with van der Waals surface area (Å²) in [6.07, 6.45) is -0.668. The second kappa shape index (κ2) is 13.6. The third-order valence-electron chi connectivity index (χ3n) is 6.97. The van der Waals surface area contributed by atoms with Crippen LogP contribution in [0, 0.1) is 0 Å². The summed E-state index contributed by atoms with van der Waals surface area (Å²) in [4.78, 5) is 26.0. The average Bonchev–Trinajstić information content (AvgIpc) is 3.69. The standard InChI is InChI=1S/C29H39ClN2O7/c1-6-37-23-17-22(25(30)26(38-7-2)24(23)19(4)33)18(3)32(28(36)31-29(13-14-29)27(34)35)15-16-39-20(5)21-11-9-8-10-12-21/h8-12,17-18,20,28,31,36H,6-7,13-16H2,1-5H3,(H,34,35)/t18-,20+,28?/m1/s1. The zero-order valence-electron chi connectivity index (χ0n) is 23.2. The minimum atomic E-state index is -1.32. The van der Waals surface area contributed by atoms with Crippen molar-refractivity contribution in [1.29, 1.82) is 0 Å². The Morgan fingerprint density at radius 3 is 2.31 bits per heavy atom. The number of aliphatic hydroxyl groups excluding tert-OH is 1. The molecule has 0 aliphatic heterocycles. The Balaban J connectivity index is 1.94. The van der Waals surface area contributed by atoms with E-state index in [1.54, 1.807) is 17.9 Å². The normalized spacial score (nSPS) is 16.4. The molecule has 9 nitrogen and oxygen atoms in total. The molecule has 0 aromatic heterocycles. The zero-order chi connectivity index (χ0) is 28.7. The second-order valence-corrected chi connectivity index (χ2v) is 10.0. The van der Waals surface area contributed by atoms with Crippen LogP contribution in [0.25, 0.3) is 0 Å². The molecular weight excluding hydrogens is 524 g/mol. The van der Waals surface area contributed by atoms with Crippen LogP contribution in [0.1, 0.15) is 81.1 Å². The highest BCUT2D eigenvalue weighted by Gasteiger charge is 2.52. The minimum Gasteiger partial charge on any atom is -0.493 e. The van der Waals surface area contributed by atoms with Crippen LogP contribution in [0.15, 0.2) is 36.4 Å². The number of rotatable bonds is 16. The molecule has 3 N–H and O–H groups in total. The van der Waals surface area contributed by atoms with Gasteiger partial charge in [0.1, 0.15) is 16.9 Å². The average molecular weight is 563 g/mol. The number of carboxylic acid groups (broad SMARTS) is 1. The molecule has 0 heterocycles. The van der Waals surface area contributed by atoms with Gasteiger partial charge in [-0.05, 0) is 64.7 Å². The van der Waals surface area contributed by atoms with Gasteiger partial charge in [0, 0.05) is 12.6 Å². The number of aliphatic carboxylic acids is 1. The Labute approximate surface area is 235 Å². The smallest absolute Gasteiger partial charge is 0.324 e. The van der Waals surface area contributed by atoms with Gasteiger partial charge >= 0.3 is 5.97 Å². The Kier molecular flexibility index (Phi) is 10.7. The van der Waals surface area contributed by atoms with Crippen molar-refractivity contribution in [2.45, 2.75) is 71.5 Å². The molecule has 0 saturated heterocycles. The fourth-order valence-corrected chi connectivity index (χ4v) is 4.91. The molecule has 0 spiro atoms. The number of ether oxygens (including phenoxy) is 3. The SMILES string of the molecule is CCOc1cc([C@@H](C)N(CCO[C@@H](C)c2ccccc2)C(O)NC2(C(=O)O)CC2)c(Cl)c(OCC)c1C(C)=O. The molecule has 1 fully saturated rings. The number of carboxylic acids is 1. The summed E-state index contributed by atoms with van der Waals surface area (Å²) in [5.74, 6) is -0.702. The maximum Gasteiger partial charge on any atom is 0.324 e. The lowest BCUT2D eigenvalue weighted by Gasteiger charge is -2.36. The van der Waals surface area contributed by atoms with Crippen molar-refractivity contribution >= 4 is 23.4 Å². The van der Waals surface area contributed by atoms with Gasteiger partial charge in [-0.15, -0.1) is 0 Å². The highest BCUT2D eigenvalue weighted by atomic mass is 35.5. The van der Waals surface area contributed by atoms with Gasteiger partial charge in [0.25, 0.3) is 0 Å². The lowest BCUT2D eigenvalue weighted by Crippen LogP contribution is -2.55. The predicted octanol–water partition coefficient (Wildman–Crippen LogP) is 4.96. The number of nitrogens with one attached hydrogen (secondary N) is 1. The van der Waals surface area contributed by atoms with Gasteiger partial charge in [0.2, 0.25) is 0 Å². The van der Waals surface area contributed by atoms with Crippen LogP contribution < -0.4 is 14.8 Å². The fourth-order valence-electron chi connectivity index (χ4n) is 4.55. The number of hydrogen-bond acceptors (Lipinski definition) is 8. The zero-order valence-corrected chi connectivity index (χ0v) is 24.0. The van der Waals surface area contributed by atoms with E-state index in [2.05, 4.69) is 5.32 Å². The van der Waals surface area contributed by atoms with Crippen LogP contribution >= 0.6 is 11.6 Å². The van der Waals surface area contributed by atoms with E-state index in [0.29, 0.717) is 30.8 Å². The summed E-state index contributed by atoms with van der Waals surface area (Å²) < 4.78 is 17.7. The quantitative estimate of drug-likeness (QED) is 0.193. The van der Waals surface area contributed by atoms with Gasteiger partial charge in [-0.1, -0.05) is 41.9 Å². The van der Waals surface area contributed by atoms with Gasteiger partial charge in [-0.2, -0.15) is 0 Å². The Morgan fingerprint density at radius 2 is 1.77 bits per heavy atom. The first-order valence-electron chi connectivity index (χ1n) is 13.3. The summed E-state index contributed by atoms with van der Waals surface area (Å²) >= 11 is 6.83. The molecule has 2 aromatic rings. The molecule has 0 radical (unpaired) electrons. The lowest BCUT2D eigenvalue weighted by molar-refractivity contribution is -0.145. The van der Waals surface area contributed by atoms with Gasteiger partial charge < -0.3 is 24.4 Å². The molecule has 2 aromatic carbocycles. The van der Waals surface area contributed by atoms with Gasteiger partial charge in [-0.25, -0.2) is 0 Å². The number of ketones is 1. The highest BCUT2D eigenvalue weighted by Crippen LogP contribution is 2.43. The van der Waals surface area contributed by atoms with Gasteiger partial charge in [0.05, 0.1) is 30.9 Å². The molecule has 1 aliphatic rings. The molecule has 1 aliphatic carbocycles. The highest BCUT2D eigenvalue weighted by molar-refractivity contribution is 6.33. The summed E-state index contributed by atoms with van der Waals surface area (Å²) in [7, 11) is 0. The maximum absolute atomic E-state index is 12.5. The van der Waals surface area contributed by atoms with Gasteiger partial charge in [0.15, 0.2) is 17.9 Å². The van der Waals surface area contributed by atoms with Crippen molar-refractivity contribution in [1.82, 2.24) is 10.2 Å². The van der Waals surface area contributed by atoms with Crippen molar-refractivity contribution in [2.75, 3.05) is 26.4 Å². The molecule has 214 valence electrons. The van der Waals surface area contributed by atoms with E-state index >= 15 is 0 Å². The predicted molar refractivity (Wildman–Crippen MR) is 148 cm³/mol. The number of halogens is 1. The number of benzene rings is 2. The molecule has 0 amide bonds. The van der Waals surface area contributed by atoms with Crippen LogP contribution in [-0.2, 0) is 9.53 Å². The molecule has 3 atom stereocenters. The number of carbonyl (C=O) groups is 2. The maximum atomic E-state index is 12.5. The van der Waals surface area contributed by atoms with Crippen molar-refractivity contribution in [2.24, 2.45) is 0 Å². The van der Waals surface area contributed by atoms with E-state index < -0.39 is 23.9 Å². The first-order chi connectivity index (χ1) is 18.6. The van der Waals surface area contributed by atoms with Crippen LogP contribution in [-0.4, -0.2) is 65.1 Å². The molecular formula is C29H39ClN2O7. The monoisotopic (exact) mass is 562 g/mol. The van der Waals surface area contributed by atoms with Crippen molar-refractivity contribution < 1.29 is 34.0 Å². The summed E-state index contributed by atoms with van der Waals surface area (Å²) in [6.45, 7) is 9.92.